The molecule has 0 N–H and O–H groups in total. The minimum Gasteiger partial charge on any atom is -0.490 e. The number of nitriles is 1. The third kappa shape index (κ3) is 6.33. The SMILES string of the molecule is C=CCc1cc(/C=C(\C#N)c2ccc([N+](=O)[O-])cc2)cc(OCC)c1OCc1ccc(Br)cc1. The fraction of sp³-hybridized carbons (Fsp3) is 0.148. The highest BCUT2D eigenvalue weighted by molar-refractivity contribution is 9.10. The summed E-state index contributed by atoms with van der Waals surface area (Å²) in [6.07, 6.45) is 4.07. The van der Waals surface area contributed by atoms with Crippen LogP contribution in [0, 0.1) is 21.4 Å². The van der Waals surface area contributed by atoms with Gasteiger partial charge in [-0.2, -0.15) is 5.26 Å². The predicted octanol–water partition coefficient (Wildman–Crippen LogP) is 7.13. The summed E-state index contributed by atoms with van der Waals surface area (Å²) in [5, 5.41) is 20.6. The van der Waals surface area contributed by atoms with Crippen LogP contribution >= 0.6 is 15.9 Å². The van der Waals surface area contributed by atoms with Crippen molar-refractivity contribution >= 4 is 33.3 Å². The number of rotatable bonds is 10. The molecule has 0 amide bonds. The number of nitro benzene ring substituents is 1. The van der Waals surface area contributed by atoms with Gasteiger partial charge in [-0.05, 0) is 72.5 Å². The Balaban J connectivity index is 1.98. The van der Waals surface area contributed by atoms with E-state index in [1.165, 1.54) is 12.1 Å². The van der Waals surface area contributed by atoms with Crippen molar-refractivity contribution in [1.29, 1.82) is 5.26 Å². The highest BCUT2D eigenvalue weighted by atomic mass is 79.9. The Morgan fingerprint density at radius 2 is 1.85 bits per heavy atom. The molecule has 7 heteroatoms. The Bertz CT molecular complexity index is 1240. The van der Waals surface area contributed by atoms with Gasteiger partial charge in [0.1, 0.15) is 6.61 Å². The molecule has 6 nitrogen and oxygen atoms in total. The van der Waals surface area contributed by atoms with Crippen molar-refractivity contribution in [3.05, 3.63) is 110 Å². The van der Waals surface area contributed by atoms with Crippen LogP contribution in [-0.2, 0) is 13.0 Å². The molecule has 0 saturated heterocycles. The number of hydrogen-bond acceptors (Lipinski definition) is 5. The summed E-state index contributed by atoms with van der Waals surface area (Å²) in [7, 11) is 0. The number of non-ortho nitro benzene ring substituents is 1. The zero-order chi connectivity index (χ0) is 24.5. The second-order valence-corrected chi connectivity index (χ2v) is 8.24. The van der Waals surface area contributed by atoms with Crippen LogP contribution in [0.5, 0.6) is 11.5 Å². The molecule has 172 valence electrons. The lowest BCUT2D eigenvalue weighted by Gasteiger charge is -2.17. The van der Waals surface area contributed by atoms with E-state index in [1.807, 2.05) is 43.3 Å². The average molecular weight is 519 g/mol. The summed E-state index contributed by atoms with van der Waals surface area (Å²) in [5.41, 5.74) is 3.60. The largest absolute Gasteiger partial charge is 0.490 e. The van der Waals surface area contributed by atoms with Gasteiger partial charge in [0.25, 0.3) is 5.69 Å². The fourth-order valence-electron chi connectivity index (χ4n) is 3.35. The van der Waals surface area contributed by atoms with E-state index in [0.29, 0.717) is 42.3 Å². The Kier molecular flexibility index (Phi) is 8.60. The van der Waals surface area contributed by atoms with Gasteiger partial charge in [-0.1, -0.05) is 34.1 Å². The number of hydrogen-bond donors (Lipinski definition) is 0. The van der Waals surface area contributed by atoms with Crippen LogP contribution < -0.4 is 9.47 Å². The topological polar surface area (TPSA) is 85.4 Å². The minimum atomic E-state index is -0.470. The van der Waals surface area contributed by atoms with Crippen LogP contribution in [0.3, 0.4) is 0 Å². The van der Waals surface area contributed by atoms with E-state index >= 15 is 0 Å². The molecule has 3 aromatic carbocycles. The van der Waals surface area contributed by atoms with Crippen LogP contribution in [0.2, 0.25) is 0 Å². The average Bonchev–Trinajstić information content (AvgIpc) is 2.83. The van der Waals surface area contributed by atoms with Gasteiger partial charge in [0.15, 0.2) is 11.5 Å². The molecule has 0 atom stereocenters. The summed E-state index contributed by atoms with van der Waals surface area (Å²) in [5.74, 6) is 1.21. The molecule has 0 unspecified atom stereocenters. The van der Waals surface area contributed by atoms with Crippen molar-refractivity contribution in [2.75, 3.05) is 6.61 Å². The molecule has 3 rings (SSSR count). The van der Waals surface area contributed by atoms with Gasteiger partial charge < -0.3 is 9.47 Å². The lowest BCUT2D eigenvalue weighted by atomic mass is 10.0. The Labute approximate surface area is 207 Å². The van der Waals surface area contributed by atoms with Gasteiger partial charge in [-0.25, -0.2) is 0 Å². The van der Waals surface area contributed by atoms with E-state index in [0.717, 1.165) is 21.2 Å². The summed E-state index contributed by atoms with van der Waals surface area (Å²) in [6, 6.07) is 19.7. The summed E-state index contributed by atoms with van der Waals surface area (Å²) >= 11 is 3.44. The van der Waals surface area contributed by atoms with Gasteiger partial charge >= 0.3 is 0 Å². The summed E-state index contributed by atoms with van der Waals surface area (Å²) in [6.45, 7) is 6.57. The molecule has 0 fully saturated rings. The molecule has 0 spiro atoms. The first-order valence-corrected chi connectivity index (χ1v) is 11.4. The molecule has 0 aliphatic rings. The van der Waals surface area contributed by atoms with Crippen molar-refractivity contribution in [1.82, 2.24) is 0 Å². The number of allylic oxidation sites excluding steroid dienone is 2. The second kappa shape index (κ2) is 11.8. The summed E-state index contributed by atoms with van der Waals surface area (Å²) in [4.78, 5) is 10.5. The molecule has 3 aromatic rings. The number of ether oxygens (including phenoxy) is 2. The maximum absolute atomic E-state index is 10.9. The number of nitrogens with zero attached hydrogens (tertiary/aromatic N) is 2. The maximum atomic E-state index is 10.9. The molecular formula is C27H23BrN2O4. The molecule has 0 bridgehead atoms. The quantitative estimate of drug-likeness (QED) is 0.0936. The fourth-order valence-corrected chi connectivity index (χ4v) is 3.61. The molecular weight excluding hydrogens is 496 g/mol. The van der Waals surface area contributed by atoms with Gasteiger partial charge in [0.05, 0.1) is 23.2 Å². The third-order valence-corrected chi connectivity index (χ3v) is 5.46. The molecule has 0 aliphatic heterocycles. The lowest BCUT2D eigenvalue weighted by molar-refractivity contribution is -0.384. The first-order valence-electron chi connectivity index (χ1n) is 10.6. The van der Waals surface area contributed by atoms with Crippen LogP contribution in [0.4, 0.5) is 5.69 Å². The third-order valence-electron chi connectivity index (χ3n) is 4.94. The number of nitro groups is 1. The normalized spacial score (nSPS) is 10.9. The van der Waals surface area contributed by atoms with Crippen molar-refractivity contribution in [3.63, 3.8) is 0 Å². The number of benzene rings is 3. The summed E-state index contributed by atoms with van der Waals surface area (Å²) < 4.78 is 13.0. The van der Waals surface area contributed by atoms with Crippen molar-refractivity contribution in [2.24, 2.45) is 0 Å². The van der Waals surface area contributed by atoms with Crippen molar-refractivity contribution in [2.45, 2.75) is 20.0 Å². The van der Waals surface area contributed by atoms with Gasteiger partial charge in [0.2, 0.25) is 0 Å². The first-order chi connectivity index (χ1) is 16.4. The van der Waals surface area contributed by atoms with E-state index < -0.39 is 4.92 Å². The minimum absolute atomic E-state index is 0.0276. The molecule has 0 heterocycles. The van der Waals surface area contributed by atoms with E-state index in [-0.39, 0.29) is 5.69 Å². The zero-order valence-electron chi connectivity index (χ0n) is 18.7. The molecule has 0 saturated carbocycles. The Hall–Kier alpha value is -3.89. The molecule has 0 aliphatic carbocycles. The smallest absolute Gasteiger partial charge is 0.269 e. The van der Waals surface area contributed by atoms with E-state index in [1.54, 1.807) is 24.3 Å². The molecule has 0 aromatic heterocycles. The van der Waals surface area contributed by atoms with E-state index in [4.69, 9.17) is 9.47 Å². The maximum Gasteiger partial charge on any atom is 0.269 e. The van der Waals surface area contributed by atoms with Crippen LogP contribution in [0.1, 0.15) is 29.2 Å². The monoisotopic (exact) mass is 518 g/mol. The lowest BCUT2D eigenvalue weighted by Crippen LogP contribution is -2.03. The predicted molar refractivity (Wildman–Crippen MR) is 137 cm³/mol. The van der Waals surface area contributed by atoms with Crippen molar-refractivity contribution < 1.29 is 14.4 Å². The van der Waals surface area contributed by atoms with Crippen LogP contribution in [0.15, 0.2) is 77.8 Å². The van der Waals surface area contributed by atoms with Gasteiger partial charge in [-0.15, -0.1) is 6.58 Å². The standard InChI is InChI=1S/C27H23BrN2O4/c1-3-5-22-14-20(15-23(17-29)21-8-12-25(13-9-21)30(31)32)16-26(33-4-2)27(22)34-18-19-6-10-24(28)11-7-19/h3,6-16H,1,4-5,18H2,2H3/b23-15+. The first kappa shape index (κ1) is 24.7. The van der Waals surface area contributed by atoms with E-state index in [9.17, 15) is 15.4 Å². The Morgan fingerprint density at radius 3 is 2.44 bits per heavy atom. The van der Waals surface area contributed by atoms with Crippen molar-refractivity contribution in [3.8, 4) is 17.6 Å². The highest BCUT2D eigenvalue weighted by Gasteiger charge is 2.14. The second-order valence-electron chi connectivity index (χ2n) is 7.32. The molecule has 0 radical (unpaired) electrons. The highest BCUT2D eigenvalue weighted by Crippen LogP contribution is 2.36. The number of halogens is 1. The van der Waals surface area contributed by atoms with Gasteiger partial charge in [0, 0.05) is 22.2 Å². The Morgan fingerprint density at radius 1 is 1.15 bits per heavy atom. The van der Waals surface area contributed by atoms with Gasteiger partial charge in [-0.3, -0.25) is 10.1 Å². The zero-order valence-corrected chi connectivity index (χ0v) is 20.2. The van der Waals surface area contributed by atoms with Crippen LogP contribution in [-0.4, -0.2) is 11.5 Å². The van der Waals surface area contributed by atoms with Crippen LogP contribution in [0.25, 0.3) is 11.6 Å². The van der Waals surface area contributed by atoms with E-state index in [2.05, 4.69) is 28.6 Å². The molecule has 34 heavy (non-hydrogen) atoms.